The number of aromatic nitrogens is 4. The van der Waals surface area contributed by atoms with E-state index in [1.54, 1.807) is 18.5 Å². The number of hydrogen-bond acceptors (Lipinski definition) is 7. The van der Waals surface area contributed by atoms with Crippen LogP contribution in [0.2, 0.25) is 0 Å². The molecule has 1 saturated heterocycles. The number of nitrogens with one attached hydrogen (secondary N) is 1. The minimum Gasteiger partial charge on any atom is -0.493 e. The lowest BCUT2D eigenvalue weighted by molar-refractivity contribution is 0.00578. The van der Waals surface area contributed by atoms with E-state index in [1.165, 1.54) is 12.1 Å². The van der Waals surface area contributed by atoms with Crippen molar-refractivity contribution in [2.75, 3.05) is 11.9 Å². The highest BCUT2D eigenvalue weighted by atomic mass is 19.1. The molecule has 0 spiro atoms. The van der Waals surface area contributed by atoms with E-state index < -0.39 is 30.0 Å². The number of rotatable bonds is 1. The quantitative estimate of drug-likeness (QED) is 0.516. The highest BCUT2D eigenvalue weighted by Crippen LogP contribution is 2.37. The van der Waals surface area contributed by atoms with Crippen molar-refractivity contribution in [3.05, 3.63) is 48.0 Å². The van der Waals surface area contributed by atoms with Crippen molar-refractivity contribution in [2.24, 2.45) is 0 Å². The summed E-state index contributed by atoms with van der Waals surface area (Å²) >= 11 is 0. The van der Waals surface area contributed by atoms with Gasteiger partial charge in [-0.2, -0.15) is 0 Å². The summed E-state index contributed by atoms with van der Waals surface area (Å²) in [6.45, 7) is 9.93. The topological polar surface area (TPSA) is 100 Å². The molecule has 2 aromatic heterocycles. The maximum absolute atomic E-state index is 15.3. The number of fused-ring (bicyclic) bond motifs is 5. The van der Waals surface area contributed by atoms with Crippen LogP contribution in [0.4, 0.5) is 10.2 Å². The zero-order valence-corrected chi connectivity index (χ0v) is 21.0. The van der Waals surface area contributed by atoms with Crippen LogP contribution in [0, 0.1) is 5.82 Å². The van der Waals surface area contributed by atoms with Gasteiger partial charge < -0.3 is 23.9 Å². The maximum atomic E-state index is 15.3. The summed E-state index contributed by atoms with van der Waals surface area (Å²) in [7, 11) is -0.963. The van der Waals surface area contributed by atoms with Crippen LogP contribution in [0.3, 0.4) is 0 Å². The standard InChI is InChI=1S/C25H29BFN5O4/c1-15-8-7-11-34-20-13-18(27)17(26-35-24(2,3)25(4,5)36-26)12-16(20)23(33)30-21-10-6-9-19(29-21)22-31-28-14-32(15)22/h6,9-10,12-15H,7-8,11H2,1-5H3,(H,29,30,33)/t15-/m0/s1. The molecule has 2 aliphatic rings. The van der Waals surface area contributed by atoms with Crippen LogP contribution in [-0.4, -0.2) is 50.6 Å². The van der Waals surface area contributed by atoms with Crippen molar-refractivity contribution in [3.63, 3.8) is 0 Å². The second kappa shape index (κ2) is 8.97. The Morgan fingerprint density at radius 2 is 1.92 bits per heavy atom. The molecule has 1 fully saturated rings. The van der Waals surface area contributed by atoms with Gasteiger partial charge in [0.05, 0.1) is 23.4 Å². The van der Waals surface area contributed by atoms with E-state index in [0.717, 1.165) is 6.42 Å². The van der Waals surface area contributed by atoms with Gasteiger partial charge in [0, 0.05) is 17.6 Å². The monoisotopic (exact) mass is 493 g/mol. The molecule has 0 unspecified atom stereocenters. The summed E-state index contributed by atoms with van der Waals surface area (Å²) in [6, 6.07) is 8.03. The number of anilines is 1. The molecule has 9 nitrogen and oxygen atoms in total. The van der Waals surface area contributed by atoms with Crippen molar-refractivity contribution < 1.29 is 23.2 Å². The molecule has 0 saturated carbocycles. The molecule has 11 heteroatoms. The van der Waals surface area contributed by atoms with Crippen molar-refractivity contribution in [1.29, 1.82) is 0 Å². The van der Waals surface area contributed by atoms with Gasteiger partial charge in [0.25, 0.3) is 5.91 Å². The Hall–Kier alpha value is -3.31. The van der Waals surface area contributed by atoms with Crippen LogP contribution in [0.1, 0.15) is 63.9 Å². The van der Waals surface area contributed by atoms with E-state index in [-0.39, 0.29) is 22.8 Å². The highest BCUT2D eigenvalue weighted by Gasteiger charge is 2.52. The Labute approximate surface area is 209 Å². The molecule has 2 bridgehead atoms. The van der Waals surface area contributed by atoms with Crippen LogP contribution in [0.5, 0.6) is 5.75 Å². The number of hydrogen-bond donors (Lipinski definition) is 1. The van der Waals surface area contributed by atoms with Gasteiger partial charge in [-0.1, -0.05) is 6.07 Å². The first-order valence-corrected chi connectivity index (χ1v) is 12.1. The SMILES string of the molecule is C[C@H]1CCCOc2cc(F)c(B3OC(C)(C)C(C)(C)O3)cc2C(=O)Nc2cccc(n2)-c2nncn21. The average Bonchev–Trinajstić information content (AvgIpc) is 3.38. The van der Waals surface area contributed by atoms with Crippen molar-refractivity contribution in [3.8, 4) is 17.3 Å². The van der Waals surface area contributed by atoms with E-state index in [1.807, 2.05) is 38.3 Å². The van der Waals surface area contributed by atoms with Crippen LogP contribution in [-0.2, 0) is 9.31 Å². The molecule has 1 aromatic carbocycles. The average molecular weight is 493 g/mol. The first-order chi connectivity index (χ1) is 17.1. The van der Waals surface area contributed by atoms with E-state index >= 15 is 4.39 Å². The number of pyridine rings is 1. The van der Waals surface area contributed by atoms with Gasteiger partial charge in [-0.15, -0.1) is 10.2 Å². The number of halogens is 1. The molecule has 1 atom stereocenters. The van der Waals surface area contributed by atoms with Gasteiger partial charge in [0.1, 0.15) is 29.4 Å². The second-order valence-electron chi connectivity index (χ2n) is 10.2. The van der Waals surface area contributed by atoms with Crippen molar-refractivity contribution >= 4 is 24.3 Å². The largest absolute Gasteiger partial charge is 0.497 e. The number of nitrogens with zero attached hydrogens (tertiary/aromatic N) is 4. The predicted molar refractivity (Wildman–Crippen MR) is 133 cm³/mol. The van der Waals surface area contributed by atoms with Crippen LogP contribution in [0.15, 0.2) is 36.7 Å². The highest BCUT2D eigenvalue weighted by molar-refractivity contribution is 6.62. The van der Waals surface area contributed by atoms with Gasteiger partial charge in [-0.05, 0) is 65.7 Å². The lowest BCUT2D eigenvalue weighted by atomic mass is 9.77. The van der Waals surface area contributed by atoms with E-state index in [4.69, 9.17) is 14.0 Å². The first kappa shape index (κ1) is 24.4. The number of benzene rings is 1. The van der Waals surface area contributed by atoms with Crippen molar-refractivity contribution in [2.45, 2.75) is 64.7 Å². The van der Waals surface area contributed by atoms with E-state index in [2.05, 4.69) is 27.4 Å². The molecule has 0 aliphatic carbocycles. The molecular formula is C25H29BFN5O4. The Balaban J connectivity index is 1.54. The first-order valence-electron chi connectivity index (χ1n) is 12.1. The summed E-state index contributed by atoms with van der Waals surface area (Å²) in [5.41, 5.74) is -0.422. The molecule has 3 aromatic rings. The third-order valence-corrected chi connectivity index (χ3v) is 7.14. The Bertz CT molecular complexity index is 1300. The van der Waals surface area contributed by atoms with Crippen LogP contribution in [0.25, 0.3) is 11.5 Å². The molecule has 0 radical (unpaired) electrons. The zero-order valence-electron chi connectivity index (χ0n) is 21.0. The summed E-state index contributed by atoms with van der Waals surface area (Å²) in [6.07, 6.45) is 3.11. The lowest BCUT2D eigenvalue weighted by Gasteiger charge is -2.32. The molecule has 5 rings (SSSR count). The molecule has 1 N–H and O–H groups in total. The van der Waals surface area contributed by atoms with Gasteiger partial charge in [-0.25, -0.2) is 9.37 Å². The summed E-state index contributed by atoms with van der Waals surface area (Å²) < 4.78 is 35.2. The summed E-state index contributed by atoms with van der Waals surface area (Å²) in [5, 5.41) is 11.1. The van der Waals surface area contributed by atoms with E-state index in [0.29, 0.717) is 30.4 Å². The molecular weight excluding hydrogens is 464 g/mol. The Morgan fingerprint density at radius 1 is 1.17 bits per heavy atom. The fourth-order valence-electron chi connectivity index (χ4n) is 4.28. The molecule has 36 heavy (non-hydrogen) atoms. The number of carbonyl (C=O) groups is 1. The minimum atomic E-state index is -0.963. The smallest absolute Gasteiger partial charge is 0.493 e. The third kappa shape index (κ3) is 4.37. The number of ether oxygens (including phenoxy) is 1. The van der Waals surface area contributed by atoms with Gasteiger partial charge in [0.2, 0.25) is 0 Å². The minimum absolute atomic E-state index is 0.0866. The maximum Gasteiger partial charge on any atom is 0.497 e. The molecule has 188 valence electrons. The predicted octanol–water partition coefficient (Wildman–Crippen LogP) is 3.76. The summed E-state index contributed by atoms with van der Waals surface area (Å²) in [5.74, 6) is 0.0329. The molecule has 2 aliphatic heterocycles. The fraction of sp³-hybridized carbons (Fsp3) is 0.440. The number of amides is 1. The third-order valence-electron chi connectivity index (χ3n) is 7.14. The normalized spacial score (nSPS) is 21.1. The van der Waals surface area contributed by atoms with Crippen LogP contribution < -0.4 is 15.5 Å². The van der Waals surface area contributed by atoms with Gasteiger partial charge in [-0.3, -0.25) is 4.79 Å². The van der Waals surface area contributed by atoms with Gasteiger partial charge >= 0.3 is 7.12 Å². The lowest BCUT2D eigenvalue weighted by Crippen LogP contribution is -2.41. The molecule has 1 amide bonds. The Kier molecular flexibility index (Phi) is 6.08. The number of carbonyl (C=O) groups excluding carboxylic acids is 1. The van der Waals surface area contributed by atoms with E-state index in [9.17, 15) is 4.79 Å². The second-order valence-corrected chi connectivity index (χ2v) is 10.2. The molecule has 4 heterocycles. The zero-order chi connectivity index (χ0) is 25.7. The van der Waals surface area contributed by atoms with Gasteiger partial charge in [0.15, 0.2) is 5.82 Å². The Morgan fingerprint density at radius 3 is 2.67 bits per heavy atom. The summed E-state index contributed by atoms with van der Waals surface area (Å²) in [4.78, 5) is 18.0. The van der Waals surface area contributed by atoms with Crippen molar-refractivity contribution in [1.82, 2.24) is 19.7 Å². The fourth-order valence-corrected chi connectivity index (χ4v) is 4.28. The van der Waals surface area contributed by atoms with Crippen LogP contribution >= 0.6 is 0 Å².